The van der Waals surface area contributed by atoms with Crippen LogP contribution in [0.2, 0.25) is 0 Å². The van der Waals surface area contributed by atoms with Crippen molar-refractivity contribution in [2.24, 2.45) is 0 Å². The van der Waals surface area contributed by atoms with E-state index in [-0.39, 0.29) is 30.7 Å². The van der Waals surface area contributed by atoms with Gasteiger partial charge in [0, 0.05) is 24.5 Å². The van der Waals surface area contributed by atoms with Gasteiger partial charge in [-0.25, -0.2) is 0 Å². The molecule has 0 saturated carbocycles. The molecule has 21 heavy (non-hydrogen) atoms. The van der Waals surface area contributed by atoms with Gasteiger partial charge in [0.25, 0.3) is 5.91 Å². The molecule has 1 amide bonds. The third-order valence-electron chi connectivity index (χ3n) is 3.41. The highest BCUT2D eigenvalue weighted by Crippen LogP contribution is 2.19. The number of likely N-dealkylation sites (N-methyl/N-ethyl adjacent to an activating group) is 1. The summed E-state index contributed by atoms with van der Waals surface area (Å²) in [6.45, 7) is 7.09. The van der Waals surface area contributed by atoms with E-state index in [1.54, 1.807) is 6.07 Å². The lowest BCUT2D eigenvalue weighted by Crippen LogP contribution is -2.47. The summed E-state index contributed by atoms with van der Waals surface area (Å²) in [7, 11) is 0. The van der Waals surface area contributed by atoms with E-state index in [9.17, 15) is 4.79 Å². The van der Waals surface area contributed by atoms with E-state index in [0.717, 1.165) is 24.3 Å². The summed E-state index contributed by atoms with van der Waals surface area (Å²) >= 11 is 0. The Kier molecular flexibility index (Phi) is 8.66. The van der Waals surface area contributed by atoms with Crippen molar-refractivity contribution in [2.75, 3.05) is 37.3 Å². The first-order valence-electron chi connectivity index (χ1n) is 6.61. The molecular weight excluding hydrogens is 313 g/mol. The fourth-order valence-corrected chi connectivity index (χ4v) is 2.14. The number of anilines is 2. The maximum absolute atomic E-state index is 12.2. The third-order valence-corrected chi connectivity index (χ3v) is 3.41. The number of rotatable bonds is 3. The van der Waals surface area contributed by atoms with Gasteiger partial charge in [0.15, 0.2) is 0 Å². The highest BCUT2D eigenvalue weighted by Gasteiger charge is 2.26. The minimum atomic E-state index is -0.408. The van der Waals surface area contributed by atoms with Gasteiger partial charge in [-0.05, 0) is 31.2 Å². The molecule has 1 fully saturated rings. The van der Waals surface area contributed by atoms with E-state index in [1.807, 2.05) is 19.1 Å². The minimum absolute atomic E-state index is 0. The number of carbonyl (C=O) groups is 1. The summed E-state index contributed by atoms with van der Waals surface area (Å²) in [5.41, 5.74) is 8.12. The van der Waals surface area contributed by atoms with E-state index in [2.05, 4.69) is 17.1 Å². The lowest BCUT2D eigenvalue weighted by Gasteiger charge is -2.31. The molecule has 1 saturated heterocycles. The van der Waals surface area contributed by atoms with E-state index >= 15 is 0 Å². The third kappa shape index (κ3) is 5.36. The molecule has 0 spiro atoms. The zero-order chi connectivity index (χ0) is 13.8. The van der Waals surface area contributed by atoms with Crippen LogP contribution >= 0.6 is 24.8 Å². The van der Waals surface area contributed by atoms with Crippen molar-refractivity contribution < 1.29 is 9.53 Å². The number of hydrogen-bond donors (Lipinski definition) is 2. The lowest BCUT2D eigenvalue weighted by atomic mass is 10.1. The number of carbonyl (C=O) groups excluding carboxylic acids is 1. The fraction of sp³-hybridized carbons (Fsp3) is 0.500. The number of nitrogens with zero attached hydrogens (tertiary/aromatic N) is 1. The Hall–Kier alpha value is -1.01. The van der Waals surface area contributed by atoms with Crippen molar-refractivity contribution in [3.63, 3.8) is 0 Å². The molecule has 1 aliphatic rings. The Balaban J connectivity index is 0.00000200. The topological polar surface area (TPSA) is 67.6 Å². The van der Waals surface area contributed by atoms with Crippen LogP contribution < -0.4 is 11.1 Å². The molecule has 0 aromatic heterocycles. The lowest BCUT2D eigenvalue weighted by molar-refractivity contribution is -0.132. The number of morpholine rings is 1. The monoisotopic (exact) mass is 335 g/mol. The average molecular weight is 336 g/mol. The van der Waals surface area contributed by atoms with Gasteiger partial charge in [-0.2, -0.15) is 0 Å². The van der Waals surface area contributed by atoms with Gasteiger partial charge < -0.3 is 15.8 Å². The predicted octanol–water partition coefficient (Wildman–Crippen LogP) is 2.08. The molecule has 1 unspecified atom stereocenters. The van der Waals surface area contributed by atoms with Crippen LogP contribution in [-0.2, 0) is 9.53 Å². The second-order valence-corrected chi connectivity index (χ2v) is 4.82. The van der Waals surface area contributed by atoms with Gasteiger partial charge in [0.05, 0.1) is 6.61 Å². The summed E-state index contributed by atoms with van der Waals surface area (Å²) in [6, 6.07) is 5.49. The van der Waals surface area contributed by atoms with Crippen LogP contribution in [0.15, 0.2) is 18.2 Å². The van der Waals surface area contributed by atoms with Gasteiger partial charge in [0.1, 0.15) is 6.10 Å². The number of halogens is 2. The summed E-state index contributed by atoms with van der Waals surface area (Å²) in [6.07, 6.45) is -0.408. The second kappa shape index (κ2) is 9.10. The summed E-state index contributed by atoms with van der Waals surface area (Å²) in [4.78, 5) is 14.4. The van der Waals surface area contributed by atoms with Crippen LogP contribution in [0.5, 0.6) is 0 Å². The molecule has 1 aromatic carbocycles. The SMILES string of the molecule is CCN1CCOC(C(=O)Nc2cc(N)ccc2C)C1.Cl.Cl. The van der Waals surface area contributed by atoms with Crippen molar-refractivity contribution in [1.82, 2.24) is 4.90 Å². The number of ether oxygens (including phenoxy) is 1. The van der Waals surface area contributed by atoms with E-state index in [0.29, 0.717) is 18.8 Å². The van der Waals surface area contributed by atoms with Crippen LogP contribution in [0, 0.1) is 6.92 Å². The van der Waals surface area contributed by atoms with Gasteiger partial charge in [-0.3, -0.25) is 9.69 Å². The van der Waals surface area contributed by atoms with Crippen LogP contribution in [-0.4, -0.2) is 43.2 Å². The first-order chi connectivity index (χ1) is 9.10. The molecule has 1 heterocycles. The normalized spacial score (nSPS) is 18.3. The Morgan fingerprint density at radius 3 is 2.86 bits per heavy atom. The molecular formula is C14H23Cl2N3O2. The Labute approximate surface area is 138 Å². The van der Waals surface area contributed by atoms with Crippen LogP contribution in [0.3, 0.4) is 0 Å². The van der Waals surface area contributed by atoms with Crippen molar-refractivity contribution in [1.29, 1.82) is 0 Å². The van der Waals surface area contributed by atoms with Gasteiger partial charge in [-0.15, -0.1) is 24.8 Å². The average Bonchev–Trinajstić information content (AvgIpc) is 2.43. The number of hydrogen-bond acceptors (Lipinski definition) is 4. The Morgan fingerprint density at radius 1 is 1.48 bits per heavy atom. The number of nitrogens with one attached hydrogen (secondary N) is 1. The van der Waals surface area contributed by atoms with Crippen LogP contribution in [0.4, 0.5) is 11.4 Å². The zero-order valence-corrected chi connectivity index (χ0v) is 13.9. The van der Waals surface area contributed by atoms with Crippen molar-refractivity contribution in [3.8, 4) is 0 Å². The number of nitrogens with two attached hydrogens (primary N) is 1. The number of aryl methyl sites for hydroxylation is 1. The molecule has 3 N–H and O–H groups in total. The van der Waals surface area contributed by atoms with E-state index < -0.39 is 6.10 Å². The Morgan fingerprint density at radius 2 is 2.19 bits per heavy atom. The van der Waals surface area contributed by atoms with E-state index in [4.69, 9.17) is 10.5 Å². The molecule has 5 nitrogen and oxygen atoms in total. The summed E-state index contributed by atoms with van der Waals surface area (Å²) in [5, 5.41) is 2.89. The van der Waals surface area contributed by atoms with Gasteiger partial charge in [0.2, 0.25) is 0 Å². The highest BCUT2D eigenvalue weighted by atomic mass is 35.5. The van der Waals surface area contributed by atoms with Crippen molar-refractivity contribution >= 4 is 42.1 Å². The molecule has 7 heteroatoms. The van der Waals surface area contributed by atoms with Crippen LogP contribution in [0.1, 0.15) is 12.5 Å². The highest BCUT2D eigenvalue weighted by molar-refractivity contribution is 5.95. The standard InChI is InChI=1S/C14H21N3O2.2ClH/c1-3-17-6-7-19-13(9-17)14(18)16-12-8-11(15)5-4-10(12)2;;/h4-5,8,13H,3,6-7,9,15H2,1-2H3,(H,16,18);2*1H. The van der Waals surface area contributed by atoms with Crippen molar-refractivity contribution in [2.45, 2.75) is 20.0 Å². The largest absolute Gasteiger partial charge is 0.399 e. The molecule has 2 rings (SSSR count). The zero-order valence-electron chi connectivity index (χ0n) is 12.3. The molecule has 1 aromatic rings. The van der Waals surface area contributed by atoms with Gasteiger partial charge in [-0.1, -0.05) is 13.0 Å². The smallest absolute Gasteiger partial charge is 0.254 e. The molecule has 0 bridgehead atoms. The maximum Gasteiger partial charge on any atom is 0.254 e. The summed E-state index contributed by atoms with van der Waals surface area (Å²) < 4.78 is 5.53. The van der Waals surface area contributed by atoms with E-state index in [1.165, 1.54) is 0 Å². The maximum atomic E-state index is 12.2. The first-order valence-corrected chi connectivity index (χ1v) is 6.61. The quantitative estimate of drug-likeness (QED) is 0.830. The summed E-state index contributed by atoms with van der Waals surface area (Å²) in [5.74, 6) is -0.105. The second-order valence-electron chi connectivity index (χ2n) is 4.82. The number of benzene rings is 1. The molecule has 0 aliphatic carbocycles. The predicted molar refractivity (Wildman–Crippen MR) is 90.6 cm³/mol. The minimum Gasteiger partial charge on any atom is -0.399 e. The molecule has 1 aliphatic heterocycles. The molecule has 0 radical (unpaired) electrons. The fourth-order valence-electron chi connectivity index (χ4n) is 2.14. The van der Waals surface area contributed by atoms with Crippen LogP contribution in [0.25, 0.3) is 0 Å². The number of nitrogen functional groups attached to an aromatic ring is 1. The Bertz CT molecular complexity index is 472. The van der Waals surface area contributed by atoms with Crippen molar-refractivity contribution in [3.05, 3.63) is 23.8 Å². The number of amides is 1. The van der Waals surface area contributed by atoms with Gasteiger partial charge >= 0.3 is 0 Å². The first kappa shape index (κ1) is 20.0. The molecule has 1 atom stereocenters. The molecule has 120 valence electrons.